The molecular formula is C25H24ClN3O. The molecule has 1 heterocycles. The number of nitrogens with zero attached hydrogens (tertiary/aromatic N) is 1. The molecule has 4 rings (SSSR count). The minimum absolute atomic E-state index is 0.695. The smallest absolute Gasteiger partial charge is 0.118 e. The standard InChI is InChI=1S/C25H24ClN3O/c1-30-22-9-6-18(7-10-22)15-27-16-19-4-2-3-5-20(19)17-29-24-12-13-28-25-14-21(26)8-11-23(24)25/h2-14,27H,15-17H2,1H3,(H,28,29). The van der Waals surface area contributed by atoms with Crippen LogP contribution in [0, 0.1) is 0 Å². The van der Waals surface area contributed by atoms with Gasteiger partial charge in [-0.3, -0.25) is 4.98 Å². The van der Waals surface area contributed by atoms with E-state index in [2.05, 4.69) is 52.0 Å². The van der Waals surface area contributed by atoms with Gasteiger partial charge in [-0.25, -0.2) is 0 Å². The largest absolute Gasteiger partial charge is 0.497 e. The average molecular weight is 418 g/mol. The van der Waals surface area contributed by atoms with Crippen LogP contribution in [0.1, 0.15) is 16.7 Å². The Morgan fingerprint density at radius 1 is 0.867 bits per heavy atom. The van der Waals surface area contributed by atoms with Gasteiger partial charge in [0.25, 0.3) is 0 Å². The molecule has 0 aliphatic carbocycles. The van der Waals surface area contributed by atoms with E-state index in [9.17, 15) is 0 Å². The van der Waals surface area contributed by atoms with Crippen molar-refractivity contribution in [3.63, 3.8) is 0 Å². The van der Waals surface area contributed by atoms with Gasteiger partial charge in [0.1, 0.15) is 5.75 Å². The summed E-state index contributed by atoms with van der Waals surface area (Å²) in [4.78, 5) is 4.41. The zero-order valence-electron chi connectivity index (χ0n) is 16.9. The summed E-state index contributed by atoms with van der Waals surface area (Å²) in [6.07, 6.45) is 1.81. The molecule has 152 valence electrons. The highest BCUT2D eigenvalue weighted by Crippen LogP contribution is 2.25. The molecule has 30 heavy (non-hydrogen) atoms. The van der Waals surface area contributed by atoms with Gasteiger partial charge in [-0.1, -0.05) is 48.0 Å². The maximum atomic E-state index is 6.10. The molecule has 0 unspecified atom stereocenters. The zero-order valence-corrected chi connectivity index (χ0v) is 17.6. The Morgan fingerprint density at radius 2 is 1.63 bits per heavy atom. The van der Waals surface area contributed by atoms with Crippen LogP contribution < -0.4 is 15.4 Å². The number of benzene rings is 3. The molecule has 4 aromatic rings. The Hall–Kier alpha value is -3.08. The molecule has 0 atom stereocenters. The van der Waals surface area contributed by atoms with E-state index in [1.54, 1.807) is 7.11 Å². The second-order valence-corrected chi connectivity index (χ2v) is 7.53. The Balaban J connectivity index is 1.41. The number of methoxy groups -OCH3 is 1. The maximum Gasteiger partial charge on any atom is 0.118 e. The molecule has 2 N–H and O–H groups in total. The fourth-order valence-corrected chi connectivity index (χ4v) is 3.62. The number of aromatic nitrogens is 1. The molecule has 3 aromatic carbocycles. The minimum atomic E-state index is 0.695. The molecule has 0 aliphatic heterocycles. The van der Waals surface area contributed by atoms with Gasteiger partial charge in [0.05, 0.1) is 12.6 Å². The third-order valence-corrected chi connectivity index (χ3v) is 5.33. The number of halogens is 1. The number of hydrogen-bond donors (Lipinski definition) is 2. The van der Waals surface area contributed by atoms with Gasteiger partial charge in [-0.15, -0.1) is 0 Å². The van der Waals surface area contributed by atoms with Crippen molar-refractivity contribution < 1.29 is 4.74 Å². The second-order valence-electron chi connectivity index (χ2n) is 7.09. The number of hydrogen-bond acceptors (Lipinski definition) is 4. The lowest BCUT2D eigenvalue weighted by molar-refractivity contribution is 0.414. The van der Waals surface area contributed by atoms with Crippen molar-refractivity contribution in [2.45, 2.75) is 19.6 Å². The van der Waals surface area contributed by atoms with Crippen LogP contribution in [0.4, 0.5) is 5.69 Å². The summed E-state index contributed by atoms with van der Waals surface area (Å²) >= 11 is 6.10. The molecule has 0 aliphatic rings. The maximum absolute atomic E-state index is 6.10. The van der Waals surface area contributed by atoms with Crippen LogP contribution in [0.25, 0.3) is 10.9 Å². The highest BCUT2D eigenvalue weighted by Gasteiger charge is 2.05. The van der Waals surface area contributed by atoms with Gasteiger partial charge < -0.3 is 15.4 Å². The fraction of sp³-hybridized carbons (Fsp3) is 0.160. The van der Waals surface area contributed by atoms with Gasteiger partial charge in [-0.05, 0) is 53.1 Å². The van der Waals surface area contributed by atoms with Crippen LogP contribution in [0.3, 0.4) is 0 Å². The van der Waals surface area contributed by atoms with Crippen molar-refractivity contribution in [2.75, 3.05) is 12.4 Å². The first-order valence-corrected chi connectivity index (χ1v) is 10.3. The molecule has 4 nitrogen and oxygen atoms in total. The van der Waals surface area contributed by atoms with Gasteiger partial charge >= 0.3 is 0 Å². The number of ether oxygens (including phenoxy) is 1. The lowest BCUT2D eigenvalue weighted by Gasteiger charge is -2.14. The van der Waals surface area contributed by atoms with Gasteiger partial charge in [-0.2, -0.15) is 0 Å². The van der Waals surface area contributed by atoms with E-state index < -0.39 is 0 Å². The Morgan fingerprint density at radius 3 is 2.40 bits per heavy atom. The van der Waals surface area contributed by atoms with Crippen molar-refractivity contribution in [1.29, 1.82) is 0 Å². The first kappa shape index (κ1) is 20.2. The first-order chi connectivity index (χ1) is 14.7. The zero-order chi connectivity index (χ0) is 20.8. The average Bonchev–Trinajstić information content (AvgIpc) is 2.78. The summed E-state index contributed by atoms with van der Waals surface area (Å²) in [5, 5.41) is 8.86. The molecule has 0 radical (unpaired) electrons. The van der Waals surface area contributed by atoms with E-state index in [-0.39, 0.29) is 0 Å². The quantitative estimate of drug-likeness (QED) is 0.380. The van der Waals surface area contributed by atoms with Crippen LogP contribution in [0.5, 0.6) is 5.75 Å². The van der Waals surface area contributed by atoms with Crippen LogP contribution in [-0.4, -0.2) is 12.1 Å². The van der Waals surface area contributed by atoms with Gasteiger partial charge in [0.15, 0.2) is 0 Å². The van der Waals surface area contributed by atoms with Gasteiger partial charge in [0, 0.05) is 41.9 Å². The first-order valence-electron chi connectivity index (χ1n) is 9.91. The molecule has 0 saturated carbocycles. The second kappa shape index (κ2) is 9.61. The monoisotopic (exact) mass is 417 g/mol. The highest BCUT2D eigenvalue weighted by atomic mass is 35.5. The van der Waals surface area contributed by atoms with E-state index in [0.29, 0.717) is 5.02 Å². The molecule has 5 heteroatoms. The van der Waals surface area contributed by atoms with Crippen LogP contribution in [-0.2, 0) is 19.6 Å². The van der Waals surface area contributed by atoms with E-state index >= 15 is 0 Å². The Bertz CT molecular complexity index is 1130. The summed E-state index contributed by atoms with van der Waals surface area (Å²) < 4.78 is 5.22. The van der Waals surface area contributed by atoms with E-state index in [1.807, 2.05) is 42.6 Å². The van der Waals surface area contributed by atoms with E-state index in [0.717, 1.165) is 42.0 Å². The third kappa shape index (κ3) is 4.90. The number of pyridine rings is 1. The number of fused-ring (bicyclic) bond motifs is 1. The summed E-state index contributed by atoms with van der Waals surface area (Å²) in [6.45, 7) is 2.35. The Kier molecular flexibility index (Phi) is 6.47. The van der Waals surface area contributed by atoms with Crippen molar-refractivity contribution in [2.24, 2.45) is 0 Å². The number of rotatable bonds is 8. The summed E-state index contributed by atoms with van der Waals surface area (Å²) in [7, 11) is 1.68. The van der Waals surface area contributed by atoms with Gasteiger partial charge in [0.2, 0.25) is 0 Å². The predicted octanol–water partition coefficient (Wildman–Crippen LogP) is 5.80. The van der Waals surface area contributed by atoms with Crippen molar-refractivity contribution in [3.05, 3.63) is 101 Å². The topological polar surface area (TPSA) is 46.2 Å². The van der Waals surface area contributed by atoms with Crippen molar-refractivity contribution in [1.82, 2.24) is 10.3 Å². The third-order valence-electron chi connectivity index (χ3n) is 5.10. The van der Waals surface area contributed by atoms with Crippen LogP contribution in [0.2, 0.25) is 5.02 Å². The fourth-order valence-electron chi connectivity index (χ4n) is 3.45. The van der Waals surface area contributed by atoms with Crippen LogP contribution in [0.15, 0.2) is 79.0 Å². The molecule has 0 amide bonds. The predicted molar refractivity (Wildman–Crippen MR) is 124 cm³/mol. The van der Waals surface area contributed by atoms with Crippen LogP contribution >= 0.6 is 11.6 Å². The summed E-state index contributed by atoms with van der Waals surface area (Å²) in [5.41, 5.74) is 5.71. The summed E-state index contributed by atoms with van der Waals surface area (Å²) in [5.74, 6) is 0.876. The van der Waals surface area contributed by atoms with E-state index in [4.69, 9.17) is 16.3 Å². The normalized spacial score (nSPS) is 10.9. The molecule has 0 saturated heterocycles. The molecule has 0 spiro atoms. The highest BCUT2D eigenvalue weighted by molar-refractivity contribution is 6.31. The lowest BCUT2D eigenvalue weighted by Crippen LogP contribution is -2.15. The molecule has 0 bridgehead atoms. The number of nitrogens with one attached hydrogen (secondary N) is 2. The van der Waals surface area contributed by atoms with E-state index in [1.165, 1.54) is 16.7 Å². The Labute approximate surface area is 181 Å². The number of anilines is 1. The molecular weight excluding hydrogens is 394 g/mol. The molecule has 1 aromatic heterocycles. The summed E-state index contributed by atoms with van der Waals surface area (Å²) in [6, 6.07) is 24.4. The SMILES string of the molecule is COc1ccc(CNCc2ccccc2CNc2ccnc3cc(Cl)ccc23)cc1. The minimum Gasteiger partial charge on any atom is -0.497 e. The van der Waals surface area contributed by atoms with Crippen molar-refractivity contribution >= 4 is 28.2 Å². The lowest BCUT2D eigenvalue weighted by atomic mass is 10.1. The molecule has 0 fully saturated rings. The van der Waals surface area contributed by atoms with Crippen molar-refractivity contribution in [3.8, 4) is 5.75 Å².